The lowest BCUT2D eigenvalue weighted by atomic mass is 9.91. The third-order valence-electron chi connectivity index (χ3n) is 5.73. The maximum Gasteiger partial charge on any atom is 0.243 e. The Hall–Kier alpha value is -2.46. The Morgan fingerprint density at radius 2 is 1.69 bits per heavy atom. The number of anilines is 1. The van der Waals surface area contributed by atoms with Crippen LogP contribution >= 0.6 is 23.2 Å². The first-order chi connectivity index (χ1) is 15.4. The molecule has 0 aliphatic heterocycles. The van der Waals surface area contributed by atoms with Crippen LogP contribution in [0.25, 0.3) is 21.9 Å². The number of pyridine rings is 1. The highest BCUT2D eigenvalue weighted by molar-refractivity contribution is 7.89. The number of aromatic nitrogens is 3. The number of fused-ring (bicyclic) bond motifs is 2. The molecule has 1 saturated carbocycles. The maximum atomic E-state index is 13.0. The fourth-order valence-electron chi connectivity index (χ4n) is 4.14. The molecule has 0 spiro atoms. The van der Waals surface area contributed by atoms with Gasteiger partial charge in [-0.3, -0.25) is 4.98 Å². The summed E-state index contributed by atoms with van der Waals surface area (Å²) in [6, 6.07) is 10.6. The van der Waals surface area contributed by atoms with Gasteiger partial charge in [-0.25, -0.2) is 17.8 Å². The molecule has 0 bridgehead atoms. The van der Waals surface area contributed by atoms with E-state index in [1.807, 2.05) is 24.3 Å². The number of nitrogens with one attached hydrogen (secondary N) is 2. The molecule has 0 radical (unpaired) electrons. The standard InChI is InChI=1S/C21H19Cl2N5O3S/c22-12-1-6-15-17(9-10-24-18(15)11-12)25-13-2-4-14(5-3-13)28-32(29,30)19-8-7-16(23)20-21(19)27-31-26-20/h1,6-11,13-14,28H,2-5H2,(H,24,25). The van der Waals surface area contributed by atoms with Crippen LogP contribution in [-0.2, 0) is 10.0 Å². The zero-order chi connectivity index (χ0) is 22.3. The Morgan fingerprint density at radius 3 is 2.50 bits per heavy atom. The van der Waals surface area contributed by atoms with Crippen LogP contribution in [0.15, 0.2) is 52.1 Å². The molecule has 0 amide bonds. The maximum absolute atomic E-state index is 13.0. The van der Waals surface area contributed by atoms with Gasteiger partial charge in [-0.05, 0) is 72.4 Å². The van der Waals surface area contributed by atoms with Crippen molar-refractivity contribution in [3.8, 4) is 0 Å². The van der Waals surface area contributed by atoms with E-state index in [0.29, 0.717) is 17.9 Å². The van der Waals surface area contributed by atoms with Gasteiger partial charge in [-0.15, -0.1) is 0 Å². The van der Waals surface area contributed by atoms with Crippen molar-refractivity contribution in [2.45, 2.75) is 42.7 Å². The van der Waals surface area contributed by atoms with Gasteiger partial charge in [-0.1, -0.05) is 23.2 Å². The SMILES string of the molecule is O=S(=O)(NC1CCC(Nc2ccnc3cc(Cl)ccc23)CC1)c1ccc(Cl)c2nonc12. The minimum absolute atomic E-state index is 0.0142. The van der Waals surface area contributed by atoms with Gasteiger partial charge in [0.05, 0.1) is 10.5 Å². The molecule has 1 aliphatic carbocycles. The van der Waals surface area contributed by atoms with Crippen LogP contribution in [0.2, 0.25) is 10.0 Å². The van der Waals surface area contributed by atoms with Crippen molar-refractivity contribution >= 4 is 60.8 Å². The molecule has 2 aromatic carbocycles. The molecule has 11 heteroatoms. The summed E-state index contributed by atoms with van der Waals surface area (Å²) in [6.45, 7) is 0. The first-order valence-electron chi connectivity index (χ1n) is 10.1. The second kappa shape index (κ2) is 8.47. The molecular formula is C21H19Cl2N5O3S. The fourth-order valence-corrected chi connectivity index (χ4v) is 5.93. The summed E-state index contributed by atoms with van der Waals surface area (Å²) < 4.78 is 33.4. The third-order valence-corrected chi connectivity index (χ3v) is 7.82. The van der Waals surface area contributed by atoms with Crippen LogP contribution < -0.4 is 10.0 Å². The smallest absolute Gasteiger partial charge is 0.243 e. The monoisotopic (exact) mass is 491 g/mol. The number of sulfonamides is 1. The molecule has 2 aromatic heterocycles. The van der Waals surface area contributed by atoms with Gasteiger partial charge in [0.15, 0.2) is 11.0 Å². The van der Waals surface area contributed by atoms with Crippen LogP contribution in [0.1, 0.15) is 25.7 Å². The van der Waals surface area contributed by atoms with Crippen molar-refractivity contribution in [1.29, 1.82) is 0 Å². The van der Waals surface area contributed by atoms with Gasteiger partial charge < -0.3 is 5.32 Å². The van der Waals surface area contributed by atoms with Crippen LogP contribution in [0, 0.1) is 0 Å². The van der Waals surface area contributed by atoms with Crippen molar-refractivity contribution in [1.82, 2.24) is 20.0 Å². The van der Waals surface area contributed by atoms with Crippen molar-refractivity contribution in [2.75, 3.05) is 5.32 Å². The van der Waals surface area contributed by atoms with Crippen LogP contribution in [0.5, 0.6) is 0 Å². The van der Waals surface area contributed by atoms with E-state index >= 15 is 0 Å². The molecule has 1 fully saturated rings. The predicted molar refractivity (Wildman–Crippen MR) is 124 cm³/mol. The van der Waals surface area contributed by atoms with E-state index in [-0.39, 0.29) is 33.0 Å². The molecule has 166 valence electrons. The van der Waals surface area contributed by atoms with Gasteiger partial charge in [0, 0.05) is 34.4 Å². The number of halogens is 2. The van der Waals surface area contributed by atoms with E-state index in [4.69, 9.17) is 23.2 Å². The number of benzene rings is 2. The Bertz CT molecular complexity index is 1400. The quantitative estimate of drug-likeness (QED) is 0.413. The second-order valence-electron chi connectivity index (χ2n) is 7.84. The summed E-state index contributed by atoms with van der Waals surface area (Å²) in [7, 11) is -3.79. The van der Waals surface area contributed by atoms with Gasteiger partial charge in [0.2, 0.25) is 10.0 Å². The molecule has 2 heterocycles. The van der Waals surface area contributed by atoms with E-state index in [9.17, 15) is 8.42 Å². The second-order valence-corrected chi connectivity index (χ2v) is 10.4. The molecule has 0 saturated heterocycles. The van der Waals surface area contributed by atoms with Gasteiger partial charge >= 0.3 is 0 Å². The highest BCUT2D eigenvalue weighted by Gasteiger charge is 2.28. The minimum atomic E-state index is -3.79. The lowest BCUT2D eigenvalue weighted by molar-refractivity contribution is 0.315. The van der Waals surface area contributed by atoms with E-state index in [0.717, 1.165) is 29.4 Å². The number of hydrogen-bond donors (Lipinski definition) is 2. The zero-order valence-electron chi connectivity index (χ0n) is 16.8. The summed E-state index contributed by atoms with van der Waals surface area (Å²) in [6.07, 6.45) is 4.82. The summed E-state index contributed by atoms with van der Waals surface area (Å²) >= 11 is 12.1. The van der Waals surface area contributed by atoms with Gasteiger partial charge in [-0.2, -0.15) is 0 Å². The Morgan fingerprint density at radius 1 is 0.938 bits per heavy atom. The first-order valence-corrected chi connectivity index (χ1v) is 12.4. The Balaban J connectivity index is 1.26. The molecule has 32 heavy (non-hydrogen) atoms. The number of hydrogen-bond acceptors (Lipinski definition) is 7. The minimum Gasteiger partial charge on any atom is -0.382 e. The largest absolute Gasteiger partial charge is 0.382 e. The highest BCUT2D eigenvalue weighted by atomic mass is 35.5. The van der Waals surface area contributed by atoms with Crippen LogP contribution in [0.3, 0.4) is 0 Å². The van der Waals surface area contributed by atoms with Gasteiger partial charge in [0.1, 0.15) is 4.90 Å². The van der Waals surface area contributed by atoms with Crippen LogP contribution in [-0.4, -0.2) is 35.8 Å². The molecule has 4 aromatic rings. The zero-order valence-corrected chi connectivity index (χ0v) is 19.1. The normalized spacial score (nSPS) is 19.4. The number of rotatable bonds is 5. The fraction of sp³-hybridized carbons (Fsp3) is 0.286. The van der Waals surface area contributed by atoms with Crippen LogP contribution in [0.4, 0.5) is 5.69 Å². The Kier molecular flexibility index (Phi) is 5.66. The van der Waals surface area contributed by atoms with E-state index in [2.05, 4.69) is 30.0 Å². The molecule has 0 unspecified atom stereocenters. The van der Waals surface area contributed by atoms with Crippen molar-refractivity contribution < 1.29 is 13.0 Å². The lowest BCUT2D eigenvalue weighted by Gasteiger charge is -2.30. The lowest BCUT2D eigenvalue weighted by Crippen LogP contribution is -2.40. The van der Waals surface area contributed by atoms with E-state index in [1.54, 1.807) is 6.20 Å². The summed E-state index contributed by atoms with van der Waals surface area (Å²) in [5, 5.41) is 12.9. The predicted octanol–water partition coefficient (Wildman–Crippen LogP) is 4.78. The van der Waals surface area contributed by atoms with E-state index < -0.39 is 10.0 Å². The third kappa shape index (κ3) is 4.13. The average Bonchev–Trinajstić information content (AvgIpc) is 3.25. The summed E-state index contributed by atoms with van der Waals surface area (Å²) in [5.74, 6) is 0. The Labute approximate surface area is 194 Å². The molecular weight excluding hydrogens is 473 g/mol. The first kappa shape index (κ1) is 21.4. The molecule has 1 aliphatic rings. The van der Waals surface area contributed by atoms with Crippen molar-refractivity contribution in [3.63, 3.8) is 0 Å². The molecule has 5 rings (SSSR count). The molecule has 8 nitrogen and oxygen atoms in total. The van der Waals surface area contributed by atoms with Crippen molar-refractivity contribution in [2.24, 2.45) is 0 Å². The van der Waals surface area contributed by atoms with Gasteiger partial charge in [0.25, 0.3) is 0 Å². The average molecular weight is 492 g/mol. The van der Waals surface area contributed by atoms with Crippen molar-refractivity contribution in [3.05, 3.63) is 52.6 Å². The topological polar surface area (TPSA) is 110 Å². The molecule has 2 N–H and O–H groups in total. The summed E-state index contributed by atoms with van der Waals surface area (Å²) in [4.78, 5) is 4.39. The number of nitrogens with zero attached hydrogens (tertiary/aromatic N) is 3. The molecule has 0 atom stereocenters. The highest BCUT2D eigenvalue weighted by Crippen LogP contribution is 2.30. The summed E-state index contributed by atoms with van der Waals surface area (Å²) in [5.41, 5.74) is 2.19. The van der Waals surface area contributed by atoms with E-state index in [1.165, 1.54) is 12.1 Å².